The largest absolute Gasteiger partial charge is 0.405 e. The van der Waals surface area contributed by atoms with Crippen molar-refractivity contribution in [3.8, 4) is 0 Å². The number of cyclic esters (lactones) is 1. The number of ether oxygens (including phenoxy) is 1. The van der Waals surface area contributed by atoms with Crippen LogP contribution in [0.3, 0.4) is 0 Å². The lowest BCUT2D eigenvalue weighted by Crippen LogP contribution is -2.25. The fourth-order valence-corrected chi connectivity index (χ4v) is 1.99. The average Bonchev–Trinajstić information content (AvgIpc) is 2.90. The van der Waals surface area contributed by atoms with Gasteiger partial charge in [0.05, 0.1) is 0 Å². The summed E-state index contributed by atoms with van der Waals surface area (Å²) in [6.45, 7) is 0. The van der Waals surface area contributed by atoms with Gasteiger partial charge in [0, 0.05) is 11.1 Å². The molecule has 1 aliphatic heterocycles. The van der Waals surface area contributed by atoms with Crippen LogP contribution in [0.2, 0.25) is 0 Å². The first-order valence-electron chi connectivity index (χ1n) is 6.20. The maximum absolute atomic E-state index is 12.2. The predicted molar refractivity (Wildman–Crippen MR) is 73.6 cm³/mol. The van der Waals surface area contributed by atoms with Gasteiger partial charge in [-0.2, -0.15) is 0 Å². The van der Waals surface area contributed by atoms with Crippen molar-refractivity contribution in [2.24, 2.45) is 4.99 Å². The van der Waals surface area contributed by atoms with Gasteiger partial charge in [-0.1, -0.05) is 48.5 Å². The Morgan fingerprint density at radius 2 is 1.55 bits per heavy atom. The molecule has 0 saturated heterocycles. The molecule has 4 heteroatoms. The zero-order chi connectivity index (χ0) is 13.9. The summed E-state index contributed by atoms with van der Waals surface area (Å²) >= 11 is 0. The summed E-state index contributed by atoms with van der Waals surface area (Å²) < 4.78 is 5.09. The van der Waals surface area contributed by atoms with Crippen molar-refractivity contribution in [2.45, 2.75) is 6.04 Å². The van der Waals surface area contributed by atoms with Gasteiger partial charge in [0.25, 0.3) is 0 Å². The zero-order valence-electron chi connectivity index (χ0n) is 10.5. The van der Waals surface area contributed by atoms with Crippen molar-refractivity contribution >= 4 is 17.7 Å². The molecular formula is C16H11NO3. The topological polar surface area (TPSA) is 55.7 Å². The number of carbonyl (C=O) groups excluding carboxylic acids is 2. The Kier molecular flexibility index (Phi) is 3.13. The summed E-state index contributed by atoms with van der Waals surface area (Å²) in [5, 5.41) is 0. The van der Waals surface area contributed by atoms with Crippen LogP contribution in [0, 0.1) is 0 Å². The number of Topliss-reactive ketones (excluding diaryl/α,β-unsaturated/α-hetero) is 1. The van der Waals surface area contributed by atoms with Crippen LogP contribution >= 0.6 is 0 Å². The summed E-state index contributed by atoms with van der Waals surface area (Å²) in [5.41, 5.74) is 1.14. The van der Waals surface area contributed by atoms with Gasteiger partial charge in [0.2, 0.25) is 11.9 Å². The molecule has 0 saturated carbocycles. The van der Waals surface area contributed by atoms with Crippen LogP contribution in [-0.2, 0) is 9.53 Å². The van der Waals surface area contributed by atoms with Crippen molar-refractivity contribution in [2.75, 3.05) is 0 Å². The molecule has 1 heterocycles. The molecule has 1 unspecified atom stereocenters. The molecule has 0 amide bonds. The SMILES string of the molecule is O=C1OC(c2ccccc2)=NC1C(=O)c1ccccc1. The maximum Gasteiger partial charge on any atom is 0.345 e. The van der Waals surface area contributed by atoms with Crippen molar-refractivity contribution in [3.05, 3.63) is 71.8 Å². The third-order valence-corrected chi connectivity index (χ3v) is 2.99. The minimum atomic E-state index is -1.10. The standard InChI is InChI=1S/C16H11NO3/c18-14(11-7-3-1-4-8-11)13-16(19)20-15(17-13)12-9-5-2-6-10-12/h1-10,13H. The average molecular weight is 265 g/mol. The highest BCUT2D eigenvalue weighted by atomic mass is 16.6. The van der Waals surface area contributed by atoms with Gasteiger partial charge in [-0.15, -0.1) is 0 Å². The van der Waals surface area contributed by atoms with Crippen LogP contribution in [0.4, 0.5) is 0 Å². The van der Waals surface area contributed by atoms with Gasteiger partial charge in [0.1, 0.15) is 0 Å². The van der Waals surface area contributed by atoms with E-state index in [1.165, 1.54) is 0 Å². The van der Waals surface area contributed by atoms with E-state index in [0.29, 0.717) is 11.1 Å². The van der Waals surface area contributed by atoms with Crippen LogP contribution in [0.25, 0.3) is 0 Å². The van der Waals surface area contributed by atoms with E-state index in [9.17, 15) is 9.59 Å². The number of rotatable bonds is 3. The number of hydrogen-bond donors (Lipinski definition) is 0. The molecule has 2 aromatic rings. The molecule has 0 radical (unpaired) electrons. The smallest absolute Gasteiger partial charge is 0.345 e. The molecule has 98 valence electrons. The van der Waals surface area contributed by atoms with Gasteiger partial charge >= 0.3 is 5.97 Å². The number of carbonyl (C=O) groups is 2. The van der Waals surface area contributed by atoms with Gasteiger partial charge in [-0.05, 0) is 12.1 Å². The second-order valence-electron chi connectivity index (χ2n) is 4.35. The monoisotopic (exact) mass is 265 g/mol. The summed E-state index contributed by atoms with van der Waals surface area (Å²) in [6.07, 6.45) is 0. The Bertz CT molecular complexity index is 677. The fourth-order valence-electron chi connectivity index (χ4n) is 1.99. The quantitative estimate of drug-likeness (QED) is 0.486. The molecule has 0 N–H and O–H groups in total. The van der Waals surface area contributed by atoms with E-state index in [4.69, 9.17) is 4.74 Å². The molecule has 2 aromatic carbocycles. The molecule has 0 bridgehead atoms. The van der Waals surface area contributed by atoms with Gasteiger partial charge in [-0.25, -0.2) is 9.79 Å². The van der Waals surface area contributed by atoms with Gasteiger partial charge in [0.15, 0.2) is 5.78 Å². The predicted octanol–water partition coefficient (Wildman–Crippen LogP) is 2.24. The van der Waals surface area contributed by atoms with Crippen LogP contribution in [0.5, 0.6) is 0 Å². The second kappa shape index (κ2) is 5.09. The van der Waals surface area contributed by atoms with E-state index in [0.717, 1.165) is 0 Å². The van der Waals surface area contributed by atoms with Crippen molar-refractivity contribution in [1.29, 1.82) is 0 Å². The maximum atomic E-state index is 12.2. The lowest BCUT2D eigenvalue weighted by molar-refractivity contribution is -0.133. The number of esters is 1. The summed E-state index contributed by atoms with van der Waals surface area (Å²) in [5.74, 6) is -0.774. The first-order chi connectivity index (χ1) is 9.75. The van der Waals surface area contributed by atoms with Gasteiger partial charge < -0.3 is 4.74 Å². The Hall–Kier alpha value is -2.75. The summed E-state index contributed by atoms with van der Waals surface area (Å²) in [7, 11) is 0. The minimum Gasteiger partial charge on any atom is -0.405 e. The highest BCUT2D eigenvalue weighted by molar-refractivity contribution is 6.19. The first-order valence-corrected chi connectivity index (χ1v) is 6.20. The van der Waals surface area contributed by atoms with Crippen molar-refractivity contribution < 1.29 is 14.3 Å². The lowest BCUT2D eigenvalue weighted by atomic mass is 10.1. The fraction of sp³-hybridized carbons (Fsp3) is 0.0625. The lowest BCUT2D eigenvalue weighted by Gasteiger charge is -2.01. The number of hydrogen-bond acceptors (Lipinski definition) is 4. The number of nitrogens with zero attached hydrogens (tertiary/aromatic N) is 1. The summed E-state index contributed by atoms with van der Waals surface area (Å²) in [6, 6.07) is 16.6. The second-order valence-corrected chi connectivity index (χ2v) is 4.35. The molecule has 1 aliphatic rings. The normalized spacial score (nSPS) is 17.5. The number of aliphatic imine (C=N–C) groups is 1. The highest BCUT2D eigenvalue weighted by Gasteiger charge is 2.36. The van der Waals surface area contributed by atoms with E-state index >= 15 is 0 Å². The minimum absolute atomic E-state index is 0.199. The van der Waals surface area contributed by atoms with E-state index in [-0.39, 0.29) is 11.7 Å². The number of ketones is 1. The molecule has 3 rings (SSSR count). The van der Waals surface area contributed by atoms with Crippen LogP contribution < -0.4 is 0 Å². The van der Waals surface area contributed by atoms with E-state index < -0.39 is 12.0 Å². The van der Waals surface area contributed by atoms with Crippen molar-refractivity contribution in [3.63, 3.8) is 0 Å². The molecule has 0 fully saturated rings. The molecule has 1 atom stereocenters. The summed E-state index contributed by atoms with van der Waals surface area (Å²) in [4.78, 5) is 28.2. The van der Waals surface area contributed by atoms with E-state index in [1.54, 1.807) is 36.4 Å². The Morgan fingerprint density at radius 3 is 2.20 bits per heavy atom. The Labute approximate surface area is 115 Å². The Morgan fingerprint density at radius 1 is 0.950 bits per heavy atom. The molecule has 0 aliphatic carbocycles. The third-order valence-electron chi connectivity index (χ3n) is 2.99. The van der Waals surface area contributed by atoms with Crippen LogP contribution in [-0.4, -0.2) is 23.7 Å². The molecule has 20 heavy (non-hydrogen) atoms. The van der Waals surface area contributed by atoms with Crippen molar-refractivity contribution in [1.82, 2.24) is 0 Å². The molecule has 0 spiro atoms. The third kappa shape index (κ3) is 2.23. The highest BCUT2D eigenvalue weighted by Crippen LogP contribution is 2.17. The van der Waals surface area contributed by atoms with Gasteiger partial charge in [-0.3, -0.25) is 4.79 Å². The first kappa shape index (κ1) is 12.3. The molecular weight excluding hydrogens is 254 g/mol. The Balaban J connectivity index is 1.90. The number of benzene rings is 2. The van der Waals surface area contributed by atoms with E-state index in [1.807, 2.05) is 24.3 Å². The van der Waals surface area contributed by atoms with Crippen LogP contribution in [0.1, 0.15) is 15.9 Å². The van der Waals surface area contributed by atoms with E-state index in [2.05, 4.69) is 4.99 Å². The molecule has 4 nitrogen and oxygen atoms in total. The molecule has 0 aromatic heterocycles. The van der Waals surface area contributed by atoms with Crippen LogP contribution in [0.15, 0.2) is 65.7 Å². The zero-order valence-corrected chi connectivity index (χ0v) is 10.5.